The minimum Gasteiger partial charge on any atom is -0.379 e. The first-order chi connectivity index (χ1) is 15.8. The topological polar surface area (TPSA) is 61.5 Å². The maximum Gasteiger partial charge on any atom is 0.254 e. The highest BCUT2D eigenvalue weighted by atomic mass is 16.5. The lowest BCUT2D eigenvalue weighted by atomic mass is 9.91. The molecule has 0 spiro atoms. The summed E-state index contributed by atoms with van der Waals surface area (Å²) in [4.78, 5) is 17.9. The molecule has 6 heteroatoms. The monoisotopic (exact) mass is 432 g/mol. The number of aromatic amines is 1. The third-order valence-corrected chi connectivity index (χ3v) is 6.96. The van der Waals surface area contributed by atoms with Gasteiger partial charge in [-0.3, -0.25) is 14.8 Å². The number of nitrogens with one attached hydrogen (secondary N) is 1. The number of morpholine rings is 1. The van der Waals surface area contributed by atoms with Crippen LogP contribution in [0.2, 0.25) is 0 Å². The average Bonchev–Trinajstić information content (AvgIpc) is 3.20. The van der Waals surface area contributed by atoms with Crippen molar-refractivity contribution in [1.29, 1.82) is 0 Å². The number of aromatic nitrogens is 2. The number of carbonyl (C=O) groups is 1. The fourth-order valence-electron chi connectivity index (χ4n) is 5.13. The van der Waals surface area contributed by atoms with Crippen LogP contribution in [-0.2, 0) is 17.7 Å². The van der Waals surface area contributed by atoms with Crippen molar-refractivity contribution in [3.63, 3.8) is 0 Å². The number of likely N-dealkylation sites (tertiary alicyclic amines) is 1. The van der Waals surface area contributed by atoms with Gasteiger partial charge in [0.15, 0.2) is 0 Å². The molecule has 2 saturated heterocycles. The molecule has 1 amide bonds. The van der Waals surface area contributed by atoms with E-state index in [0.717, 1.165) is 88.3 Å². The normalized spacial score (nSPS) is 20.4. The van der Waals surface area contributed by atoms with E-state index in [9.17, 15) is 4.79 Å². The van der Waals surface area contributed by atoms with E-state index in [4.69, 9.17) is 4.74 Å². The molecule has 1 N–H and O–H groups in total. The van der Waals surface area contributed by atoms with E-state index >= 15 is 0 Å². The van der Waals surface area contributed by atoms with E-state index < -0.39 is 0 Å². The van der Waals surface area contributed by atoms with E-state index in [0.29, 0.717) is 5.92 Å². The van der Waals surface area contributed by atoms with Gasteiger partial charge in [0.25, 0.3) is 5.91 Å². The van der Waals surface area contributed by atoms with Crippen molar-refractivity contribution in [3.05, 3.63) is 65.4 Å². The number of benzene rings is 2. The molecule has 1 aromatic heterocycles. The summed E-state index contributed by atoms with van der Waals surface area (Å²) in [7, 11) is 0. The molecule has 2 fully saturated rings. The van der Waals surface area contributed by atoms with Crippen LogP contribution in [-0.4, -0.2) is 65.3 Å². The predicted molar refractivity (Wildman–Crippen MR) is 126 cm³/mol. The van der Waals surface area contributed by atoms with Gasteiger partial charge in [-0.15, -0.1) is 0 Å². The van der Waals surface area contributed by atoms with Gasteiger partial charge in [-0.2, -0.15) is 5.10 Å². The van der Waals surface area contributed by atoms with E-state index in [1.807, 2.05) is 24.4 Å². The second-order valence-corrected chi connectivity index (χ2v) is 9.09. The van der Waals surface area contributed by atoms with E-state index in [-0.39, 0.29) is 5.91 Å². The summed E-state index contributed by atoms with van der Waals surface area (Å²) in [6, 6.07) is 14.5. The van der Waals surface area contributed by atoms with Gasteiger partial charge in [0.2, 0.25) is 0 Å². The van der Waals surface area contributed by atoms with Crippen molar-refractivity contribution in [2.24, 2.45) is 5.92 Å². The molecule has 0 unspecified atom stereocenters. The van der Waals surface area contributed by atoms with Gasteiger partial charge in [-0.25, -0.2) is 0 Å². The Bertz CT molecular complexity index is 1060. The zero-order valence-electron chi connectivity index (χ0n) is 18.6. The summed E-state index contributed by atoms with van der Waals surface area (Å²) in [5.74, 6) is 0.781. The molecule has 0 radical (unpaired) electrons. The maximum absolute atomic E-state index is 13.5. The van der Waals surface area contributed by atoms with Gasteiger partial charge in [0, 0.05) is 43.7 Å². The van der Waals surface area contributed by atoms with Crippen molar-refractivity contribution >= 4 is 16.8 Å². The standard InChI is InChI=1S/C26H32N4O2/c31-26(23-8-2-1-6-22(23)19-29-13-15-32-16-14-29)30-11-4-5-20(10-12-30)17-21-7-3-9-25-24(21)18-27-28-25/h1-3,6-9,18,20H,4-5,10-17,19H2,(H,27,28)/t20-/m0/s1. The second-order valence-electron chi connectivity index (χ2n) is 9.09. The van der Waals surface area contributed by atoms with Gasteiger partial charge < -0.3 is 9.64 Å². The van der Waals surface area contributed by atoms with Gasteiger partial charge in [0.1, 0.15) is 0 Å². The van der Waals surface area contributed by atoms with Crippen molar-refractivity contribution in [2.45, 2.75) is 32.2 Å². The Morgan fingerprint density at radius 3 is 2.75 bits per heavy atom. The lowest BCUT2D eigenvalue weighted by Crippen LogP contribution is -2.37. The molecule has 32 heavy (non-hydrogen) atoms. The number of hydrogen-bond acceptors (Lipinski definition) is 4. The molecule has 168 valence electrons. The summed E-state index contributed by atoms with van der Waals surface area (Å²) in [6.07, 6.45) is 6.25. The van der Waals surface area contributed by atoms with E-state index in [1.54, 1.807) is 0 Å². The van der Waals surface area contributed by atoms with Crippen molar-refractivity contribution in [2.75, 3.05) is 39.4 Å². The zero-order chi connectivity index (χ0) is 21.8. The van der Waals surface area contributed by atoms with Gasteiger partial charge >= 0.3 is 0 Å². The quantitative estimate of drug-likeness (QED) is 0.665. The number of H-pyrrole nitrogens is 1. The summed E-state index contributed by atoms with van der Waals surface area (Å²) >= 11 is 0. The van der Waals surface area contributed by atoms with Crippen molar-refractivity contribution in [1.82, 2.24) is 20.0 Å². The van der Waals surface area contributed by atoms with Crippen molar-refractivity contribution in [3.8, 4) is 0 Å². The number of fused-ring (bicyclic) bond motifs is 1. The Kier molecular flexibility index (Phi) is 6.51. The number of amides is 1. The molecule has 5 rings (SSSR count). The molecule has 6 nitrogen and oxygen atoms in total. The highest BCUT2D eigenvalue weighted by Crippen LogP contribution is 2.27. The SMILES string of the molecule is O=C(c1ccccc1CN1CCOCC1)N1CCC[C@H](Cc2cccc3[nH]ncc23)CC1. The van der Waals surface area contributed by atoms with Crippen LogP contribution in [0, 0.1) is 5.92 Å². The maximum atomic E-state index is 13.5. The lowest BCUT2D eigenvalue weighted by Gasteiger charge is -2.28. The fraction of sp³-hybridized carbons (Fsp3) is 0.462. The van der Waals surface area contributed by atoms with Crippen LogP contribution in [0.3, 0.4) is 0 Å². The van der Waals surface area contributed by atoms with Gasteiger partial charge in [-0.1, -0.05) is 30.3 Å². The molecule has 3 aromatic rings. The molecule has 2 aliphatic heterocycles. The third-order valence-electron chi connectivity index (χ3n) is 6.96. The first kappa shape index (κ1) is 21.2. The smallest absolute Gasteiger partial charge is 0.254 e. The minimum atomic E-state index is 0.187. The number of ether oxygens (including phenoxy) is 1. The lowest BCUT2D eigenvalue weighted by molar-refractivity contribution is 0.0340. The number of carbonyl (C=O) groups excluding carboxylic acids is 1. The molecule has 2 aliphatic rings. The Labute approximate surface area is 189 Å². The van der Waals surface area contributed by atoms with Crippen LogP contribution in [0.25, 0.3) is 10.9 Å². The van der Waals surface area contributed by atoms with Gasteiger partial charge in [-0.05, 0) is 54.9 Å². The molecule has 0 aliphatic carbocycles. The summed E-state index contributed by atoms with van der Waals surface area (Å²) in [6.45, 7) is 5.89. The van der Waals surface area contributed by atoms with Crippen LogP contribution in [0.15, 0.2) is 48.7 Å². The number of hydrogen-bond donors (Lipinski definition) is 1. The summed E-state index contributed by atoms with van der Waals surface area (Å²) < 4.78 is 5.47. The fourth-order valence-corrected chi connectivity index (χ4v) is 5.13. The first-order valence-electron chi connectivity index (χ1n) is 11.9. The molecule has 0 saturated carbocycles. The third kappa shape index (κ3) is 4.71. The molecule has 3 heterocycles. The summed E-state index contributed by atoms with van der Waals surface area (Å²) in [5, 5.41) is 8.50. The molecular formula is C26H32N4O2. The molecular weight excluding hydrogens is 400 g/mol. The highest BCUT2D eigenvalue weighted by molar-refractivity contribution is 5.95. The average molecular weight is 433 g/mol. The van der Waals surface area contributed by atoms with Crippen LogP contribution in [0.4, 0.5) is 0 Å². The Hall–Kier alpha value is -2.70. The van der Waals surface area contributed by atoms with Crippen LogP contribution in [0.1, 0.15) is 40.7 Å². The summed E-state index contributed by atoms with van der Waals surface area (Å²) in [5.41, 5.74) is 4.45. The number of nitrogens with zero attached hydrogens (tertiary/aromatic N) is 3. The largest absolute Gasteiger partial charge is 0.379 e. The minimum absolute atomic E-state index is 0.187. The van der Waals surface area contributed by atoms with Crippen LogP contribution < -0.4 is 0 Å². The Balaban J connectivity index is 1.24. The van der Waals surface area contributed by atoms with E-state index in [2.05, 4.69) is 44.3 Å². The zero-order valence-corrected chi connectivity index (χ0v) is 18.6. The molecule has 2 aromatic carbocycles. The van der Waals surface area contributed by atoms with Gasteiger partial charge in [0.05, 0.1) is 24.9 Å². The van der Waals surface area contributed by atoms with Crippen molar-refractivity contribution < 1.29 is 9.53 Å². The van der Waals surface area contributed by atoms with Crippen LogP contribution in [0.5, 0.6) is 0 Å². The molecule has 0 bridgehead atoms. The van der Waals surface area contributed by atoms with E-state index in [1.165, 1.54) is 10.9 Å². The Morgan fingerprint density at radius 1 is 1.00 bits per heavy atom. The van der Waals surface area contributed by atoms with Crippen LogP contribution >= 0.6 is 0 Å². The number of rotatable bonds is 5. The highest BCUT2D eigenvalue weighted by Gasteiger charge is 2.24. The molecule has 1 atom stereocenters. The second kappa shape index (κ2) is 9.84. The Morgan fingerprint density at radius 2 is 1.84 bits per heavy atom. The first-order valence-corrected chi connectivity index (χ1v) is 11.9. The predicted octanol–water partition coefficient (Wildman–Crippen LogP) is 3.88.